The monoisotopic (exact) mass is 301 g/mol. The molecule has 0 saturated heterocycles. The van der Waals surface area contributed by atoms with Crippen LogP contribution < -0.4 is 5.32 Å². The number of rotatable bonds is 5. The summed E-state index contributed by atoms with van der Waals surface area (Å²) in [5.41, 5.74) is 2.94. The summed E-state index contributed by atoms with van der Waals surface area (Å²) >= 11 is 0. The van der Waals surface area contributed by atoms with Crippen LogP contribution in [0.25, 0.3) is 0 Å². The van der Waals surface area contributed by atoms with Gasteiger partial charge in [-0.15, -0.1) is 0 Å². The average Bonchev–Trinajstić information content (AvgIpc) is 2.70. The predicted molar refractivity (Wildman–Crippen MR) is 85.4 cm³/mol. The summed E-state index contributed by atoms with van der Waals surface area (Å²) in [6, 6.07) is 8.22. The van der Waals surface area contributed by atoms with Gasteiger partial charge in [-0.3, -0.25) is 9.59 Å². The maximum atomic E-state index is 12.2. The smallest absolute Gasteiger partial charge is 0.302 e. The van der Waals surface area contributed by atoms with Gasteiger partial charge in [-0.05, 0) is 23.0 Å². The van der Waals surface area contributed by atoms with Crippen LogP contribution in [0.5, 0.6) is 0 Å². The number of hydrogen-bond acceptors (Lipinski definition) is 3. The standard InChI is InChI=1S/C18H23NO3/c1-12(9-10-22-13(2)20)17(21)19-16-11-18(3,4)15-8-6-5-7-14(15)16/h5-8,16H,1,9-11H2,2-4H3,(H,19,21). The van der Waals surface area contributed by atoms with Gasteiger partial charge in [0.15, 0.2) is 0 Å². The van der Waals surface area contributed by atoms with Crippen LogP contribution in [0.1, 0.15) is 50.8 Å². The van der Waals surface area contributed by atoms with Crippen LogP contribution in [0.3, 0.4) is 0 Å². The molecule has 0 saturated carbocycles. The third-order valence-electron chi connectivity index (χ3n) is 4.12. The highest BCUT2D eigenvalue weighted by molar-refractivity contribution is 5.93. The molecule has 1 aliphatic rings. The van der Waals surface area contributed by atoms with Crippen molar-refractivity contribution < 1.29 is 14.3 Å². The first-order valence-corrected chi connectivity index (χ1v) is 7.52. The molecule has 0 radical (unpaired) electrons. The highest BCUT2D eigenvalue weighted by Gasteiger charge is 2.37. The molecular weight excluding hydrogens is 278 g/mol. The summed E-state index contributed by atoms with van der Waals surface area (Å²) in [5.74, 6) is -0.524. The van der Waals surface area contributed by atoms with Crippen molar-refractivity contribution >= 4 is 11.9 Å². The van der Waals surface area contributed by atoms with Gasteiger partial charge in [-0.1, -0.05) is 44.7 Å². The van der Waals surface area contributed by atoms with Crippen molar-refractivity contribution in [2.24, 2.45) is 0 Å². The fourth-order valence-corrected chi connectivity index (χ4v) is 2.97. The first-order valence-electron chi connectivity index (χ1n) is 7.52. The summed E-state index contributed by atoms with van der Waals surface area (Å²) in [5, 5.41) is 3.05. The van der Waals surface area contributed by atoms with Gasteiger partial charge in [0.05, 0.1) is 12.6 Å². The SMILES string of the molecule is C=C(CCOC(C)=O)C(=O)NC1CC(C)(C)c2ccccc21. The Labute approximate surface area is 131 Å². The Morgan fingerprint density at radius 3 is 2.73 bits per heavy atom. The molecular formula is C18H23NO3. The van der Waals surface area contributed by atoms with Crippen molar-refractivity contribution in [3.8, 4) is 0 Å². The number of nitrogens with one attached hydrogen (secondary N) is 1. The molecule has 1 N–H and O–H groups in total. The lowest BCUT2D eigenvalue weighted by atomic mass is 9.86. The third kappa shape index (κ3) is 3.56. The third-order valence-corrected chi connectivity index (χ3v) is 4.12. The number of carbonyl (C=O) groups excluding carboxylic acids is 2. The Morgan fingerprint density at radius 1 is 1.36 bits per heavy atom. The minimum Gasteiger partial charge on any atom is -0.466 e. The fourth-order valence-electron chi connectivity index (χ4n) is 2.97. The van der Waals surface area contributed by atoms with Crippen LogP contribution >= 0.6 is 0 Å². The van der Waals surface area contributed by atoms with E-state index in [1.807, 2.05) is 12.1 Å². The van der Waals surface area contributed by atoms with E-state index in [0.717, 1.165) is 6.42 Å². The number of hydrogen-bond donors (Lipinski definition) is 1. The second-order valence-electron chi connectivity index (χ2n) is 6.39. The molecule has 0 aliphatic heterocycles. The lowest BCUT2D eigenvalue weighted by Crippen LogP contribution is -2.29. The highest BCUT2D eigenvalue weighted by Crippen LogP contribution is 2.44. The van der Waals surface area contributed by atoms with E-state index < -0.39 is 0 Å². The molecule has 4 heteroatoms. The highest BCUT2D eigenvalue weighted by atomic mass is 16.5. The molecule has 0 fully saturated rings. The van der Waals surface area contributed by atoms with E-state index in [0.29, 0.717) is 12.0 Å². The molecule has 1 aromatic rings. The molecule has 1 aliphatic carbocycles. The normalized spacial score (nSPS) is 18.4. The van der Waals surface area contributed by atoms with Crippen molar-refractivity contribution in [1.82, 2.24) is 5.32 Å². The van der Waals surface area contributed by atoms with E-state index in [1.165, 1.54) is 18.1 Å². The van der Waals surface area contributed by atoms with Gasteiger partial charge in [0.1, 0.15) is 0 Å². The van der Waals surface area contributed by atoms with Gasteiger partial charge in [0, 0.05) is 18.9 Å². The molecule has 0 bridgehead atoms. The van der Waals surface area contributed by atoms with E-state index in [4.69, 9.17) is 4.74 Å². The van der Waals surface area contributed by atoms with Gasteiger partial charge in [0.25, 0.3) is 0 Å². The summed E-state index contributed by atoms with van der Waals surface area (Å²) in [4.78, 5) is 23.0. The largest absolute Gasteiger partial charge is 0.466 e. The minimum absolute atomic E-state index is 0.00387. The van der Waals surface area contributed by atoms with Crippen LogP contribution in [-0.4, -0.2) is 18.5 Å². The fraction of sp³-hybridized carbons (Fsp3) is 0.444. The Kier molecular flexibility index (Phi) is 4.69. The van der Waals surface area contributed by atoms with E-state index in [9.17, 15) is 9.59 Å². The number of esters is 1. The van der Waals surface area contributed by atoms with Crippen molar-refractivity contribution in [2.75, 3.05) is 6.61 Å². The van der Waals surface area contributed by atoms with Crippen molar-refractivity contribution in [2.45, 2.75) is 45.1 Å². The summed E-state index contributed by atoms with van der Waals surface area (Å²) in [6.07, 6.45) is 1.22. The molecule has 0 heterocycles. The maximum absolute atomic E-state index is 12.2. The van der Waals surface area contributed by atoms with Gasteiger partial charge in [-0.25, -0.2) is 0 Å². The molecule has 1 aromatic carbocycles. The van der Waals surface area contributed by atoms with E-state index in [1.54, 1.807) is 0 Å². The Balaban J connectivity index is 1.98. The second-order valence-corrected chi connectivity index (χ2v) is 6.39. The van der Waals surface area contributed by atoms with Crippen molar-refractivity contribution in [1.29, 1.82) is 0 Å². The molecule has 0 aromatic heterocycles. The quantitative estimate of drug-likeness (QED) is 0.672. The molecule has 2 rings (SSSR count). The van der Waals surface area contributed by atoms with Crippen molar-refractivity contribution in [3.63, 3.8) is 0 Å². The van der Waals surface area contributed by atoms with Gasteiger partial charge in [0.2, 0.25) is 5.91 Å². The van der Waals surface area contributed by atoms with Gasteiger partial charge < -0.3 is 10.1 Å². The number of carbonyl (C=O) groups is 2. The van der Waals surface area contributed by atoms with E-state index in [-0.39, 0.29) is 29.9 Å². The number of ether oxygens (including phenoxy) is 1. The van der Waals surface area contributed by atoms with Crippen LogP contribution in [0.2, 0.25) is 0 Å². The first kappa shape index (κ1) is 16.3. The summed E-state index contributed by atoms with van der Waals surface area (Å²) in [6.45, 7) is 9.69. The maximum Gasteiger partial charge on any atom is 0.302 e. The van der Waals surface area contributed by atoms with E-state index in [2.05, 4.69) is 37.9 Å². The zero-order valence-corrected chi connectivity index (χ0v) is 13.4. The Hall–Kier alpha value is -2.10. The zero-order chi connectivity index (χ0) is 16.3. The molecule has 22 heavy (non-hydrogen) atoms. The van der Waals surface area contributed by atoms with Crippen LogP contribution in [-0.2, 0) is 19.7 Å². The van der Waals surface area contributed by atoms with Gasteiger partial charge >= 0.3 is 5.97 Å². The summed E-state index contributed by atoms with van der Waals surface area (Å²) in [7, 11) is 0. The lowest BCUT2D eigenvalue weighted by Gasteiger charge is -2.19. The molecule has 118 valence electrons. The van der Waals surface area contributed by atoms with Crippen LogP contribution in [0, 0.1) is 0 Å². The van der Waals surface area contributed by atoms with E-state index >= 15 is 0 Å². The molecule has 1 amide bonds. The molecule has 0 spiro atoms. The Morgan fingerprint density at radius 2 is 2.05 bits per heavy atom. The zero-order valence-electron chi connectivity index (χ0n) is 13.4. The molecule has 4 nitrogen and oxygen atoms in total. The number of amides is 1. The van der Waals surface area contributed by atoms with Gasteiger partial charge in [-0.2, -0.15) is 0 Å². The minimum atomic E-state index is -0.348. The van der Waals surface area contributed by atoms with Crippen molar-refractivity contribution in [3.05, 3.63) is 47.5 Å². The van der Waals surface area contributed by atoms with Crippen LogP contribution in [0.15, 0.2) is 36.4 Å². The topological polar surface area (TPSA) is 55.4 Å². The Bertz CT molecular complexity index is 604. The summed E-state index contributed by atoms with van der Waals surface area (Å²) < 4.78 is 4.84. The second kappa shape index (κ2) is 6.34. The number of fused-ring (bicyclic) bond motifs is 1. The molecule has 1 atom stereocenters. The molecule has 1 unspecified atom stereocenters. The first-order chi connectivity index (χ1) is 10.3. The number of benzene rings is 1. The predicted octanol–water partition coefficient (Wildman–Crippen LogP) is 3.03. The average molecular weight is 301 g/mol. The lowest BCUT2D eigenvalue weighted by molar-refractivity contribution is -0.141. The van der Waals surface area contributed by atoms with Crippen LogP contribution in [0.4, 0.5) is 0 Å².